The van der Waals surface area contributed by atoms with E-state index in [0.29, 0.717) is 17.0 Å². The van der Waals surface area contributed by atoms with Gasteiger partial charge < -0.3 is 9.84 Å². The number of carbonyl (C=O) groups excluding carboxylic acids is 1. The van der Waals surface area contributed by atoms with Gasteiger partial charge in [0, 0.05) is 5.56 Å². The highest BCUT2D eigenvalue weighted by Gasteiger charge is 2.09. The number of nitrogens with one attached hydrogen (secondary N) is 1. The second kappa shape index (κ2) is 8.01. The van der Waals surface area contributed by atoms with Gasteiger partial charge in [0.2, 0.25) is 0 Å². The summed E-state index contributed by atoms with van der Waals surface area (Å²) in [5, 5.41) is 15.9. The van der Waals surface area contributed by atoms with Crippen LogP contribution in [-0.2, 0) is 4.79 Å². The molecule has 3 aromatic carbocycles. The summed E-state index contributed by atoms with van der Waals surface area (Å²) in [4.78, 5) is 12.0. The Morgan fingerprint density at radius 3 is 2.65 bits per heavy atom. The van der Waals surface area contributed by atoms with Crippen LogP contribution >= 0.6 is 15.9 Å². The Balaban J connectivity index is 1.63. The van der Waals surface area contributed by atoms with Crippen LogP contribution in [0.3, 0.4) is 0 Å². The first-order chi connectivity index (χ1) is 12.6. The standard InChI is InChI=1S/C20H17BrN2O3/c1-13(15-7-4-5-9-17(15)24)22-23-19(25)12-26-18-11-10-14-6-2-3-8-16(14)20(18)21/h2-11,24H,12H2,1H3,(H,23,25). The first-order valence-electron chi connectivity index (χ1n) is 7.98. The van der Waals surface area contributed by atoms with Crippen molar-refractivity contribution in [2.45, 2.75) is 6.92 Å². The third kappa shape index (κ3) is 4.03. The largest absolute Gasteiger partial charge is 0.507 e. The predicted octanol–water partition coefficient (Wildman–Crippen LogP) is 4.23. The molecule has 5 nitrogen and oxygen atoms in total. The molecule has 2 N–H and O–H groups in total. The summed E-state index contributed by atoms with van der Waals surface area (Å²) in [6.45, 7) is 1.53. The highest BCUT2D eigenvalue weighted by molar-refractivity contribution is 9.10. The van der Waals surface area contributed by atoms with Crippen molar-refractivity contribution in [1.82, 2.24) is 5.43 Å². The maximum atomic E-state index is 12.0. The fourth-order valence-corrected chi connectivity index (χ4v) is 3.09. The van der Waals surface area contributed by atoms with Crippen LogP contribution in [0.15, 0.2) is 70.2 Å². The highest BCUT2D eigenvalue weighted by Crippen LogP contribution is 2.32. The molecule has 1 amide bonds. The number of hydrogen-bond acceptors (Lipinski definition) is 4. The number of ether oxygens (including phenoxy) is 1. The second-order valence-corrected chi connectivity index (χ2v) is 6.43. The first kappa shape index (κ1) is 17.9. The van der Waals surface area contributed by atoms with Crippen molar-refractivity contribution in [1.29, 1.82) is 0 Å². The normalized spacial score (nSPS) is 11.4. The number of aromatic hydroxyl groups is 1. The molecular weight excluding hydrogens is 396 g/mol. The number of nitrogens with zero attached hydrogens (tertiary/aromatic N) is 1. The van der Waals surface area contributed by atoms with E-state index < -0.39 is 0 Å². The van der Waals surface area contributed by atoms with Crippen molar-refractivity contribution in [2.24, 2.45) is 5.10 Å². The van der Waals surface area contributed by atoms with E-state index in [4.69, 9.17) is 4.74 Å². The lowest BCUT2D eigenvalue weighted by Gasteiger charge is -2.10. The molecule has 0 heterocycles. The molecule has 3 rings (SSSR count). The van der Waals surface area contributed by atoms with Gasteiger partial charge >= 0.3 is 0 Å². The van der Waals surface area contributed by atoms with Crippen LogP contribution in [0.2, 0.25) is 0 Å². The molecule has 0 radical (unpaired) electrons. The van der Waals surface area contributed by atoms with Gasteiger partial charge in [-0.1, -0.05) is 42.5 Å². The summed E-state index contributed by atoms with van der Waals surface area (Å²) < 4.78 is 6.39. The van der Waals surface area contributed by atoms with Gasteiger partial charge in [-0.05, 0) is 51.8 Å². The van der Waals surface area contributed by atoms with E-state index in [2.05, 4.69) is 26.5 Å². The number of carbonyl (C=O) groups is 1. The van der Waals surface area contributed by atoms with E-state index in [1.165, 1.54) is 0 Å². The lowest BCUT2D eigenvalue weighted by molar-refractivity contribution is -0.123. The number of rotatable bonds is 5. The molecule has 0 aliphatic carbocycles. The SMILES string of the molecule is CC(=NNC(=O)COc1ccc2ccccc2c1Br)c1ccccc1O. The van der Waals surface area contributed by atoms with Gasteiger partial charge in [-0.15, -0.1) is 0 Å². The zero-order chi connectivity index (χ0) is 18.5. The summed E-state index contributed by atoms with van der Waals surface area (Å²) in [6, 6.07) is 18.5. The zero-order valence-corrected chi connectivity index (χ0v) is 15.7. The smallest absolute Gasteiger partial charge is 0.277 e. The monoisotopic (exact) mass is 412 g/mol. The Labute approximate surface area is 159 Å². The van der Waals surface area contributed by atoms with Gasteiger partial charge in [0.1, 0.15) is 11.5 Å². The van der Waals surface area contributed by atoms with Gasteiger partial charge in [-0.3, -0.25) is 4.79 Å². The maximum absolute atomic E-state index is 12.0. The molecule has 132 valence electrons. The second-order valence-electron chi connectivity index (χ2n) is 5.64. The minimum atomic E-state index is -0.389. The van der Waals surface area contributed by atoms with Gasteiger partial charge in [-0.2, -0.15) is 5.10 Å². The number of hydrogen-bond donors (Lipinski definition) is 2. The molecule has 0 aliphatic heterocycles. The topological polar surface area (TPSA) is 70.9 Å². The van der Waals surface area contributed by atoms with E-state index in [1.54, 1.807) is 31.2 Å². The zero-order valence-electron chi connectivity index (χ0n) is 14.1. The van der Waals surface area contributed by atoms with Crippen LogP contribution < -0.4 is 10.2 Å². The Hall–Kier alpha value is -2.86. The number of amides is 1. The highest BCUT2D eigenvalue weighted by atomic mass is 79.9. The van der Waals surface area contributed by atoms with Gasteiger partial charge in [0.05, 0.1) is 10.2 Å². The molecule has 26 heavy (non-hydrogen) atoms. The molecule has 0 bridgehead atoms. The Morgan fingerprint density at radius 2 is 1.85 bits per heavy atom. The molecule has 6 heteroatoms. The molecule has 0 atom stereocenters. The molecule has 0 aromatic heterocycles. The average Bonchev–Trinajstić information content (AvgIpc) is 2.66. The number of halogens is 1. The van der Waals surface area contributed by atoms with Crippen LogP contribution in [-0.4, -0.2) is 23.3 Å². The van der Waals surface area contributed by atoms with Crippen molar-refractivity contribution >= 4 is 38.3 Å². The van der Waals surface area contributed by atoms with E-state index in [9.17, 15) is 9.90 Å². The van der Waals surface area contributed by atoms with E-state index in [0.717, 1.165) is 15.2 Å². The van der Waals surface area contributed by atoms with E-state index in [-0.39, 0.29) is 18.3 Å². The number of phenolic OH excluding ortho intramolecular Hbond substituents is 1. The van der Waals surface area contributed by atoms with Crippen molar-refractivity contribution in [2.75, 3.05) is 6.61 Å². The number of hydrazone groups is 1. The van der Waals surface area contributed by atoms with Crippen molar-refractivity contribution in [3.05, 3.63) is 70.7 Å². The van der Waals surface area contributed by atoms with Gasteiger partial charge in [0.15, 0.2) is 6.61 Å². The Morgan fingerprint density at radius 1 is 1.12 bits per heavy atom. The third-order valence-corrected chi connectivity index (χ3v) is 4.65. The third-order valence-electron chi connectivity index (χ3n) is 3.83. The van der Waals surface area contributed by atoms with Crippen LogP contribution in [0.25, 0.3) is 10.8 Å². The van der Waals surface area contributed by atoms with Crippen LogP contribution in [0.5, 0.6) is 11.5 Å². The molecule has 0 spiro atoms. The molecule has 0 aliphatic rings. The van der Waals surface area contributed by atoms with Crippen molar-refractivity contribution in [3.63, 3.8) is 0 Å². The first-order valence-corrected chi connectivity index (χ1v) is 8.77. The summed E-state index contributed by atoms with van der Waals surface area (Å²) in [6.07, 6.45) is 0. The summed E-state index contributed by atoms with van der Waals surface area (Å²) >= 11 is 3.52. The van der Waals surface area contributed by atoms with E-state index in [1.807, 2.05) is 36.4 Å². The van der Waals surface area contributed by atoms with Crippen molar-refractivity contribution in [3.8, 4) is 11.5 Å². The van der Waals surface area contributed by atoms with Crippen LogP contribution in [0.1, 0.15) is 12.5 Å². The molecule has 0 saturated carbocycles. The summed E-state index contributed by atoms with van der Waals surface area (Å²) in [5.74, 6) is 0.305. The fraction of sp³-hybridized carbons (Fsp3) is 0.100. The number of para-hydroxylation sites is 1. The fourth-order valence-electron chi connectivity index (χ4n) is 2.49. The van der Waals surface area contributed by atoms with E-state index >= 15 is 0 Å². The van der Waals surface area contributed by atoms with Crippen molar-refractivity contribution < 1.29 is 14.6 Å². The number of phenols is 1. The summed E-state index contributed by atoms with van der Waals surface area (Å²) in [5.41, 5.74) is 3.50. The lowest BCUT2D eigenvalue weighted by atomic mass is 10.1. The molecule has 0 saturated heterocycles. The average molecular weight is 413 g/mol. The summed E-state index contributed by atoms with van der Waals surface area (Å²) in [7, 11) is 0. The molecule has 0 fully saturated rings. The minimum Gasteiger partial charge on any atom is -0.507 e. The lowest BCUT2D eigenvalue weighted by Crippen LogP contribution is -2.25. The Bertz CT molecular complexity index is 986. The van der Waals surface area contributed by atoms with Gasteiger partial charge in [0.25, 0.3) is 5.91 Å². The Kier molecular flexibility index (Phi) is 5.53. The molecule has 0 unspecified atom stereocenters. The molecular formula is C20H17BrN2O3. The quantitative estimate of drug-likeness (QED) is 0.486. The molecule has 3 aromatic rings. The minimum absolute atomic E-state index is 0.111. The number of fused-ring (bicyclic) bond motifs is 1. The predicted molar refractivity (Wildman–Crippen MR) is 106 cm³/mol. The van der Waals surface area contributed by atoms with Crippen LogP contribution in [0, 0.1) is 0 Å². The van der Waals surface area contributed by atoms with Crippen LogP contribution in [0.4, 0.5) is 0 Å². The van der Waals surface area contributed by atoms with Gasteiger partial charge in [-0.25, -0.2) is 5.43 Å². The maximum Gasteiger partial charge on any atom is 0.277 e. The number of benzene rings is 3.